The fourth-order valence-electron chi connectivity index (χ4n) is 4.20. The molecular formula is C24H29ClN4O3. The lowest BCUT2D eigenvalue weighted by atomic mass is 9.97. The van der Waals surface area contributed by atoms with Crippen LogP contribution in [0.2, 0.25) is 5.02 Å². The summed E-state index contributed by atoms with van der Waals surface area (Å²) in [7, 11) is 5.35. The van der Waals surface area contributed by atoms with Gasteiger partial charge in [-0.3, -0.25) is 9.69 Å². The molecule has 2 aliphatic rings. The number of halogens is 1. The lowest BCUT2D eigenvalue weighted by Gasteiger charge is -2.33. The van der Waals surface area contributed by atoms with E-state index in [-0.39, 0.29) is 11.9 Å². The topological polar surface area (TPSA) is 57.6 Å². The number of ether oxygens (including phenoxy) is 2. The highest BCUT2D eigenvalue weighted by Crippen LogP contribution is 2.39. The van der Waals surface area contributed by atoms with E-state index in [2.05, 4.69) is 16.8 Å². The number of nitrogens with zero attached hydrogens (tertiary/aromatic N) is 4. The van der Waals surface area contributed by atoms with Crippen molar-refractivity contribution in [3.8, 4) is 11.5 Å². The molecule has 2 heterocycles. The lowest BCUT2D eigenvalue weighted by molar-refractivity contribution is -0.134. The minimum absolute atomic E-state index is 0.0283. The van der Waals surface area contributed by atoms with Crippen molar-refractivity contribution in [3.63, 3.8) is 0 Å². The van der Waals surface area contributed by atoms with E-state index in [9.17, 15) is 4.79 Å². The van der Waals surface area contributed by atoms with Gasteiger partial charge in [-0.15, -0.1) is 0 Å². The van der Waals surface area contributed by atoms with Gasteiger partial charge >= 0.3 is 0 Å². The normalized spacial score (nSPS) is 19.7. The molecule has 1 fully saturated rings. The average Bonchev–Trinajstić information content (AvgIpc) is 3.25. The number of hydrogen-bond donors (Lipinski definition) is 0. The summed E-state index contributed by atoms with van der Waals surface area (Å²) in [4.78, 5) is 17.9. The molecule has 0 aromatic heterocycles. The fourth-order valence-corrected chi connectivity index (χ4v) is 4.45. The highest BCUT2D eigenvalue weighted by atomic mass is 35.5. The SMILES string of the molecule is COc1ccc([C@@H]2CC(c3ccccc3Cl)=NN2C(=O)CN2CCN(C)CC2)c(OC)c1. The first-order valence-corrected chi connectivity index (χ1v) is 11.1. The van der Waals surface area contributed by atoms with Crippen LogP contribution in [-0.2, 0) is 4.79 Å². The predicted molar refractivity (Wildman–Crippen MR) is 126 cm³/mol. The quantitative estimate of drug-likeness (QED) is 0.667. The Hall–Kier alpha value is -2.61. The number of likely N-dealkylation sites (N-methyl/N-ethyl adjacent to an activating group) is 1. The molecule has 2 aliphatic heterocycles. The zero-order valence-electron chi connectivity index (χ0n) is 18.8. The second kappa shape index (κ2) is 9.90. The van der Waals surface area contributed by atoms with Gasteiger partial charge in [0.2, 0.25) is 0 Å². The lowest BCUT2D eigenvalue weighted by Crippen LogP contribution is -2.48. The molecule has 0 aliphatic carbocycles. The average molecular weight is 457 g/mol. The zero-order chi connectivity index (χ0) is 22.7. The highest BCUT2D eigenvalue weighted by molar-refractivity contribution is 6.34. The van der Waals surface area contributed by atoms with Crippen LogP contribution in [0.15, 0.2) is 47.6 Å². The van der Waals surface area contributed by atoms with E-state index in [1.165, 1.54) is 0 Å². The summed E-state index contributed by atoms with van der Waals surface area (Å²) >= 11 is 6.45. The number of benzene rings is 2. The van der Waals surface area contributed by atoms with E-state index in [1.54, 1.807) is 19.2 Å². The first-order valence-electron chi connectivity index (χ1n) is 10.8. The number of methoxy groups -OCH3 is 2. The van der Waals surface area contributed by atoms with Crippen molar-refractivity contribution in [1.29, 1.82) is 0 Å². The van der Waals surface area contributed by atoms with Gasteiger partial charge in [-0.25, -0.2) is 5.01 Å². The molecule has 0 unspecified atom stereocenters. The third-order valence-corrected chi connectivity index (χ3v) is 6.43. The Morgan fingerprint density at radius 2 is 1.84 bits per heavy atom. The summed E-state index contributed by atoms with van der Waals surface area (Å²) in [6.07, 6.45) is 0.556. The molecule has 0 saturated carbocycles. The van der Waals surface area contributed by atoms with Crippen LogP contribution in [0.5, 0.6) is 11.5 Å². The second-order valence-corrected chi connectivity index (χ2v) is 8.58. The monoisotopic (exact) mass is 456 g/mol. The van der Waals surface area contributed by atoms with Gasteiger partial charge in [-0.05, 0) is 25.2 Å². The van der Waals surface area contributed by atoms with Crippen molar-refractivity contribution in [2.24, 2.45) is 5.10 Å². The van der Waals surface area contributed by atoms with Crippen LogP contribution >= 0.6 is 11.6 Å². The van der Waals surface area contributed by atoms with Gasteiger partial charge < -0.3 is 14.4 Å². The van der Waals surface area contributed by atoms with Crippen LogP contribution in [0.25, 0.3) is 0 Å². The number of piperazine rings is 1. The van der Waals surface area contributed by atoms with Gasteiger partial charge in [0.15, 0.2) is 0 Å². The van der Waals surface area contributed by atoms with E-state index in [0.29, 0.717) is 29.5 Å². The van der Waals surface area contributed by atoms with Gasteiger partial charge in [-0.2, -0.15) is 5.10 Å². The molecule has 8 heteroatoms. The van der Waals surface area contributed by atoms with E-state index in [4.69, 9.17) is 26.2 Å². The van der Waals surface area contributed by atoms with Gasteiger partial charge in [-0.1, -0.05) is 29.8 Å². The van der Waals surface area contributed by atoms with Gasteiger partial charge in [0.1, 0.15) is 11.5 Å². The zero-order valence-corrected chi connectivity index (χ0v) is 19.5. The van der Waals surface area contributed by atoms with Crippen molar-refractivity contribution in [3.05, 3.63) is 58.6 Å². The van der Waals surface area contributed by atoms with Crippen molar-refractivity contribution in [2.75, 3.05) is 54.0 Å². The molecule has 0 bridgehead atoms. The first kappa shape index (κ1) is 22.6. The minimum Gasteiger partial charge on any atom is -0.497 e. The summed E-state index contributed by atoms with van der Waals surface area (Å²) in [5, 5.41) is 7.00. The molecule has 0 radical (unpaired) electrons. The summed E-state index contributed by atoms with van der Waals surface area (Å²) in [5.74, 6) is 1.34. The third-order valence-electron chi connectivity index (χ3n) is 6.11. The number of rotatable bonds is 6. The van der Waals surface area contributed by atoms with Crippen LogP contribution in [-0.4, -0.2) is 80.4 Å². The molecule has 32 heavy (non-hydrogen) atoms. The fraction of sp³-hybridized carbons (Fsp3) is 0.417. The molecule has 1 atom stereocenters. The Kier molecular flexibility index (Phi) is 6.98. The van der Waals surface area contributed by atoms with Crippen LogP contribution < -0.4 is 9.47 Å². The molecule has 0 N–H and O–H groups in total. The molecular weight excluding hydrogens is 428 g/mol. The Balaban J connectivity index is 1.65. The number of carbonyl (C=O) groups excluding carboxylic acids is 1. The second-order valence-electron chi connectivity index (χ2n) is 8.17. The van der Waals surface area contributed by atoms with Crippen molar-refractivity contribution < 1.29 is 14.3 Å². The maximum atomic E-state index is 13.4. The van der Waals surface area contributed by atoms with Crippen molar-refractivity contribution >= 4 is 23.2 Å². The van der Waals surface area contributed by atoms with Crippen molar-refractivity contribution in [2.45, 2.75) is 12.5 Å². The molecule has 1 saturated heterocycles. The smallest absolute Gasteiger partial charge is 0.257 e. The molecule has 7 nitrogen and oxygen atoms in total. The molecule has 2 aromatic rings. The molecule has 4 rings (SSSR count). The standard InChI is InChI=1S/C24H29ClN4O3/c1-27-10-12-28(13-11-27)16-24(30)29-22(19-9-8-17(31-2)14-23(19)32-3)15-21(26-29)18-6-4-5-7-20(18)25/h4-9,14,22H,10-13,15-16H2,1-3H3/t22-/m0/s1. The number of hydrogen-bond acceptors (Lipinski definition) is 6. The number of carbonyl (C=O) groups is 1. The largest absolute Gasteiger partial charge is 0.497 e. The maximum absolute atomic E-state index is 13.4. The summed E-state index contributed by atoms with van der Waals surface area (Å²) < 4.78 is 11.0. The molecule has 2 aromatic carbocycles. The first-order chi connectivity index (χ1) is 15.5. The van der Waals surface area contributed by atoms with E-state index in [1.807, 2.05) is 42.5 Å². The van der Waals surface area contributed by atoms with Gasteiger partial charge in [0.05, 0.1) is 32.5 Å². The Morgan fingerprint density at radius 1 is 1.09 bits per heavy atom. The third kappa shape index (κ3) is 4.75. The van der Waals surface area contributed by atoms with Crippen LogP contribution in [0.1, 0.15) is 23.6 Å². The van der Waals surface area contributed by atoms with Gasteiger partial charge in [0.25, 0.3) is 5.91 Å². The van der Waals surface area contributed by atoms with Crippen LogP contribution in [0.4, 0.5) is 0 Å². The number of hydrazone groups is 1. The summed E-state index contributed by atoms with van der Waals surface area (Å²) in [6.45, 7) is 3.98. The molecule has 1 amide bonds. The van der Waals surface area contributed by atoms with Crippen LogP contribution in [0.3, 0.4) is 0 Å². The van der Waals surface area contributed by atoms with E-state index < -0.39 is 0 Å². The van der Waals surface area contributed by atoms with E-state index in [0.717, 1.165) is 43.0 Å². The number of amides is 1. The highest BCUT2D eigenvalue weighted by Gasteiger charge is 2.36. The van der Waals surface area contributed by atoms with Gasteiger partial charge in [0, 0.05) is 54.8 Å². The molecule has 0 spiro atoms. The van der Waals surface area contributed by atoms with E-state index >= 15 is 0 Å². The Labute approximate surface area is 194 Å². The maximum Gasteiger partial charge on any atom is 0.257 e. The minimum atomic E-state index is -0.276. The van der Waals surface area contributed by atoms with Crippen molar-refractivity contribution in [1.82, 2.24) is 14.8 Å². The molecule has 170 valence electrons. The Morgan fingerprint density at radius 3 is 2.53 bits per heavy atom. The predicted octanol–water partition coefficient (Wildman–Crippen LogP) is 3.28. The Bertz CT molecular complexity index is 1000. The summed E-state index contributed by atoms with van der Waals surface area (Å²) in [5.41, 5.74) is 2.54. The van der Waals surface area contributed by atoms with Crippen LogP contribution in [0, 0.1) is 0 Å². The summed E-state index contributed by atoms with van der Waals surface area (Å²) in [6, 6.07) is 13.0.